The second-order valence-electron chi connectivity index (χ2n) is 11.9. The van der Waals surface area contributed by atoms with Crippen molar-refractivity contribution in [3.63, 3.8) is 0 Å². The maximum absolute atomic E-state index is 12.8. The SMILES string of the molecule is O=C(O)C(F)(F)F.O=C(O)C1(Cc2nc3cc(OCc4ccc5ccccc5n4)ccc3n2Cc2ccc(Br)cc2)Cc2ccccc2C1. The van der Waals surface area contributed by atoms with Crippen molar-refractivity contribution < 1.29 is 37.7 Å². The largest absolute Gasteiger partial charge is 0.490 e. The van der Waals surface area contributed by atoms with Gasteiger partial charge in [0.05, 0.1) is 27.7 Å². The molecule has 250 valence electrons. The molecule has 6 aromatic rings. The van der Waals surface area contributed by atoms with E-state index in [9.17, 15) is 23.1 Å². The first-order chi connectivity index (χ1) is 23.4. The number of hydrogen-bond donors (Lipinski definition) is 2. The number of hydrogen-bond acceptors (Lipinski definition) is 5. The van der Waals surface area contributed by atoms with Gasteiger partial charge in [0.2, 0.25) is 0 Å². The Bertz CT molecular complexity index is 2140. The van der Waals surface area contributed by atoms with Crippen molar-refractivity contribution in [2.24, 2.45) is 5.41 Å². The van der Waals surface area contributed by atoms with Crippen LogP contribution < -0.4 is 4.74 Å². The van der Waals surface area contributed by atoms with Crippen molar-refractivity contribution in [3.05, 3.63) is 136 Å². The summed E-state index contributed by atoms with van der Waals surface area (Å²) in [6.07, 6.45) is -3.76. The summed E-state index contributed by atoms with van der Waals surface area (Å²) < 4.78 is 41.1. The number of carboxylic acids is 2. The average Bonchev–Trinajstić information content (AvgIpc) is 3.62. The second-order valence-corrected chi connectivity index (χ2v) is 12.8. The summed E-state index contributed by atoms with van der Waals surface area (Å²) in [5, 5.41) is 18.7. The van der Waals surface area contributed by atoms with E-state index in [0.717, 1.165) is 54.6 Å². The van der Waals surface area contributed by atoms with Gasteiger partial charge in [-0.15, -0.1) is 0 Å². The normalized spacial score (nSPS) is 13.5. The molecular formula is C37H29BrF3N3O5. The predicted octanol–water partition coefficient (Wildman–Crippen LogP) is 8.02. The third-order valence-electron chi connectivity index (χ3n) is 8.46. The molecular weight excluding hydrogens is 703 g/mol. The number of carboxylic acid groups (broad SMARTS) is 2. The van der Waals surface area contributed by atoms with Gasteiger partial charge in [0.1, 0.15) is 18.2 Å². The lowest BCUT2D eigenvalue weighted by molar-refractivity contribution is -0.192. The minimum atomic E-state index is -5.08. The molecule has 0 saturated heterocycles. The highest BCUT2D eigenvalue weighted by atomic mass is 79.9. The van der Waals surface area contributed by atoms with Crippen molar-refractivity contribution in [2.75, 3.05) is 0 Å². The molecule has 2 aromatic heterocycles. The number of benzene rings is 4. The van der Waals surface area contributed by atoms with Crippen LogP contribution in [-0.2, 0) is 42.0 Å². The van der Waals surface area contributed by atoms with Crippen LogP contribution >= 0.6 is 15.9 Å². The molecule has 0 aliphatic heterocycles. The van der Waals surface area contributed by atoms with Crippen LogP contribution in [0.4, 0.5) is 13.2 Å². The number of ether oxygens (including phenoxy) is 1. The summed E-state index contributed by atoms with van der Waals surface area (Å²) in [6.45, 7) is 0.923. The van der Waals surface area contributed by atoms with Crippen molar-refractivity contribution in [1.29, 1.82) is 0 Å². The fourth-order valence-corrected chi connectivity index (χ4v) is 6.29. The summed E-state index contributed by atoms with van der Waals surface area (Å²) in [5.74, 6) is -2.09. The van der Waals surface area contributed by atoms with E-state index in [0.29, 0.717) is 38.2 Å². The van der Waals surface area contributed by atoms with Crippen LogP contribution in [0.3, 0.4) is 0 Å². The fourth-order valence-electron chi connectivity index (χ4n) is 6.03. The zero-order valence-electron chi connectivity index (χ0n) is 25.8. The smallest absolute Gasteiger partial charge is 0.487 e. The highest BCUT2D eigenvalue weighted by Gasteiger charge is 2.45. The first kappa shape index (κ1) is 33.7. The first-order valence-corrected chi connectivity index (χ1v) is 16.0. The minimum Gasteiger partial charge on any atom is -0.487 e. The van der Waals surface area contributed by atoms with E-state index in [2.05, 4.69) is 38.7 Å². The van der Waals surface area contributed by atoms with Gasteiger partial charge in [-0.25, -0.2) is 14.8 Å². The molecule has 12 heteroatoms. The Kier molecular flexibility index (Phi) is 9.42. The third-order valence-corrected chi connectivity index (χ3v) is 8.99. The molecule has 8 nitrogen and oxygen atoms in total. The molecule has 0 saturated carbocycles. The molecule has 1 aliphatic rings. The molecule has 0 amide bonds. The van der Waals surface area contributed by atoms with Crippen LogP contribution in [0.25, 0.3) is 21.9 Å². The van der Waals surface area contributed by atoms with E-state index < -0.39 is 23.5 Å². The topological polar surface area (TPSA) is 115 Å². The van der Waals surface area contributed by atoms with Gasteiger partial charge in [0, 0.05) is 28.9 Å². The van der Waals surface area contributed by atoms with Crippen molar-refractivity contribution in [1.82, 2.24) is 14.5 Å². The Hall–Kier alpha value is -5.23. The van der Waals surface area contributed by atoms with Gasteiger partial charge in [-0.1, -0.05) is 76.6 Å². The first-order valence-electron chi connectivity index (χ1n) is 15.2. The van der Waals surface area contributed by atoms with E-state index in [-0.39, 0.29) is 0 Å². The number of pyridine rings is 1. The number of fused-ring (bicyclic) bond motifs is 3. The van der Waals surface area contributed by atoms with Gasteiger partial charge in [-0.3, -0.25) is 4.79 Å². The number of halogens is 4. The predicted molar refractivity (Wildman–Crippen MR) is 180 cm³/mol. The number of aliphatic carboxylic acids is 2. The zero-order chi connectivity index (χ0) is 34.8. The minimum absolute atomic E-state index is 0.333. The van der Waals surface area contributed by atoms with Crippen LogP contribution in [0.2, 0.25) is 0 Å². The Morgan fingerprint density at radius 1 is 0.837 bits per heavy atom. The highest BCUT2D eigenvalue weighted by molar-refractivity contribution is 9.10. The molecule has 7 rings (SSSR count). The van der Waals surface area contributed by atoms with E-state index in [1.54, 1.807) is 0 Å². The second kappa shape index (κ2) is 13.7. The third kappa shape index (κ3) is 7.59. The molecule has 0 spiro atoms. The van der Waals surface area contributed by atoms with E-state index in [4.69, 9.17) is 24.6 Å². The molecule has 49 heavy (non-hydrogen) atoms. The van der Waals surface area contributed by atoms with Gasteiger partial charge < -0.3 is 19.5 Å². The van der Waals surface area contributed by atoms with Crippen LogP contribution in [0.5, 0.6) is 5.75 Å². The average molecular weight is 733 g/mol. The zero-order valence-corrected chi connectivity index (χ0v) is 27.4. The fraction of sp³-hybridized carbons (Fsp3) is 0.189. The molecule has 0 fully saturated rings. The summed E-state index contributed by atoms with van der Waals surface area (Å²) in [5.41, 5.74) is 5.89. The van der Waals surface area contributed by atoms with E-state index in [1.165, 1.54) is 0 Å². The highest BCUT2D eigenvalue weighted by Crippen LogP contribution is 2.40. The Labute approximate surface area is 286 Å². The van der Waals surface area contributed by atoms with Crippen LogP contribution in [0.1, 0.15) is 28.2 Å². The van der Waals surface area contributed by atoms with Gasteiger partial charge in [0.25, 0.3) is 0 Å². The van der Waals surface area contributed by atoms with Crippen molar-refractivity contribution >= 4 is 49.8 Å². The van der Waals surface area contributed by atoms with Gasteiger partial charge in [-0.2, -0.15) is 13.2 Å². The number of para-hydroxylation sites is 1. The van der Waals surface area contributed by atoms with E-state index in [1.807, 2.05) is 84.9 Å². The van der Waals surface area contributed by atoms with Gasteiger partial charge in [0.15, 0.2) is 0 Å². The van der Waals surface area contributed by atoms with Gasteiger partial charge >= 0.3 is 18.1 Å². The molecule has 0 radical (unpaired) electrons. The number of alkyl halides is 3. The lowest BCUT2D eigenvalue weighted by Crippen LogP contribution is -2.35. The maximum atomic E-state index is 12.8. The molecule has 1 aliphatic carbocycles. The number of rotatable bonds is 8. The quantitative estimate of drug-likeness (QED) is 0.163. The summed E-state index contributed by atoms with van der Waals surface area (Å²) in [4.78, 5) is 31.5. The van der Waals surface area contributed by atoms with Crippen LogP contribution in [0, 0.1) is 5.41 Å². The lowest BCUT2D eigenvalue weighted by Gasteiger charge is -2.24. The summed E-state index contributed by atoms with van der Waals surface area (Å²) in [6, 6.07) is 34.2. The van der Waals surface area contributed by atoms with Crippen LogP contribution in [-0.4, -0.2) is 42.9 Å². The number of carbonyl (C=O) groups is 2. The molecule has 4 aromatic carbocycles. The van der Waals surface area contributed by atoms with Crippen molar-refractivity contribution in [2.45, 2.75) is 38.6 Å². The van der Waals surface area contributed by atoms with Crippen LogP contribution in [0.15, 0.2) is 108 Å². The Balaban J connectivity index is 0.000000540. The number of nitrogens with zero attached hydrogens (tertiary/aromatic N) is 3. The van der Waals surface area contributed by atoms with E-state index >= 15 is 0 Å². The van der Waals surface area contributed by atoms with Crippen molar-refractivity contribution in [3.8, 4) is 5.75 Å². The van der Waals surface area contributed by atoms with Gasteiger partial charge in [-0.05, 0) is 65.9 Å². The summed E-state index contributed by atoms with van der Waals surface area (Å²) in [7, 11) is 0. The standard InChI is InChI=1S/C35H28BrN3O3.C2HF3O2/c36-27-12-9-23(10-13-27)21-39-32-16-15-29(42-22-28-14-11-24-5-3-4-8-30(24)37-28)17-31(32)38-33(39)20-35(34(40)41)18-25-6-1-2-7-26(25)19-35;3-2(4,5)1(6)7/h1-17H,18-22H2,(H,40,41);(H,6,7). The molecule has 2 heterocycles. The molecule has 0 unspecified atom stereocenters. The number of aromatic nitrogens is 3. The molecule has 2 N–H and O–H groups in total. The monoisotopic (exact) mass is 731 g/mol. The molecule has 0 atom stereocenters. The number of imidazole rings is 1. The Morgan fingerprint density at radius 3 is 2.14 bits per heavy atom. The molecule has 0 bridgehead atoms. The maximum Gasteiger partial charge on any atom is 0.490 e. The lowest BCUT2D eigenvalue weighted by atomic mass is 9.81. The Morgan fingerprint density at radius 2 is 1.49 bits per heavy atom. The summed E-state index contributed by atoms with van der Waals surface area (Å²) >= 11 is 3.52.